The molecule has 3 aromatic carbocycles. The molecule has 7 nitrogen and oxygen atoms in total. The fourth-order valence-corrected chi connectivity index (χ4v) is 4.25. The van der Waals surface area contributed by atoms with Crippen molar-refractivity contribution in [3.05, 3.63) is 101 Å². The van der Waals surface area contributed by atoms with Crippen LogP contribution in [-0.4, -0.2) is 26.5 Å². The van der Waals surface area contributed by atoms with Crippen LogP contribution in [0, 0.1) is 20.8 Å². The molecule has 0 aliphatic heterocycles. The number of para-hydroxylation sites is 2. The first-order valence-electron chi connectivity index (χ1n) is 12.5. The average Bonchev–Trinajstić information content (AvgIpc) is 2.89. The van der Waals surface area contributed by atoms with Crippen molar-refractivity contribution in [2.45, 2.75) is 33.6 Å². The monoisotopic (exact) mass is 489 g/mol. The summed E-state index contributed by atoms with van der Waals surface area (Å²) in [7, 11) is 0. The van der Waals surface area contributed by atoms with E-state index in [0.29, 0.717) is 17.8 Å². The number of pyridine rings is 1. The van der Waals surface area contributed by atoms with Gasteiger partial charge in [0.25, 0.3) is 0 Å². The van der Waals surface area contributed by atoms with E-state index in [1.54, 1.807) is 0 Å². The highest BCUT2D eigenvalue weighted by Crippen LogP contribution is 2.23. The Morgan fingerprint density at radius 1 is 0.676 bits per heavy atom. The Kier molecular flexibility index (Phi) is 7.21. The third-order valence-electron chi connectivity index (χ3n) is 6.31. The highest BCUT2D eigenvalue weighted by molar-refractivity contribution is 5.82. The number of fused-ring (bicyclic) bond motifs is 1. The number of aryl methyl sites for hydroxylation is 4. The lowest BCUT2D eigenvalue weighted by molar-refractivity contribution is 0.854. The molecule has 0 saturated carbocycles. The van der Waals surface area contributed by atoms with Gasteiger partial charge in [0, 0.05) is 29.5 Å². The molecular weight excluding hydrogens is 458 g/mol. The van der Waals surface area contributed by atoms with Gasteiger partial charge in [-0.15, -0.1) is 0 Å². The Hall–Kier alpha value is -4.52. The molecule has 0 atom stereocenters. The molecule has 186 valence electrons. The molecule has 2 aromatic heterocycles. The number of benzene rings is 3. The van der Waals surface area contributed by atoms with Gasteiger partial charge in [-0.3, -0.25) is 4.98 Å². The fraction of sp³-hybridized carbons (Fsp3) is 0.200. The Bertz CT molecular complexity index is 1460. The molecule has 7 heteroatoms. The molecule has 0 radical (unpaired) electrons. The van der Waals surface area contributed by atoms with Crippen molar-refractivity contribution in [3.63, 3.8) is 0 Å². The van der Waals surface area contributed by atoms with Crippen LogP contribution in [0.1, 0.15) is 28.7 Å². The molecule has 0 aliphatic carbocycles. The van der Waals surface area contributed by atoms with Crippen LogP contribution >= 0.6 is 0 Å². The minimum Gasteiger partial charge on any atom is -0.354 e. The molecule has 0 spiro atoms. The summed E-state index contributed by atoms with van der Waals surface area (Å²) in [5.74, 6) is 1.49. The molecule has 5 rings (SSSR count). The SMILES string of the molecule is Cc1ccc2c(CCCNc3nc(Nc4ccccc4C)nc(Nc4ccccc4C)n3)ccnc2c1. The van der Waals surface area contributed by atoms with E-state index in [0.717, 1.165) is 47.4 Å². The Morgan fingerprint density at radius 2 is 1.30 bits per heavy atom. The first-order chi connectivity index (χ1) is 18.0. The van der Waals surface area contributed by atoms with Gasteiger partial charge in [-0.05, 0) is 80.1 Å². The van der Waals surface area contributed by atoms with E-state index in [-0.39, 0.29) is 0 Å². The van der Waals surface area contributed by atoms with Crippen molar-refractivity contribution in [2.75, 3.05) is 22.5 Å². The van der Waals surface area contributed by atoms with E-state index in [4.69, 9.17) is 0 Å². The molecule has 5 aromatic rings. The highest BCUT2D eigenvalue weighted by atomic mass is 15.3. The number of hydrogen-bond donors (Lipinski definition) is 3. The predicted octanol–water partition coefficient (Wildman–Crippen LogP) is 6.88. The van der Waals surface area contributed by atoms with Crippen LogP contribution in [0.15, 0.2) is 79.0 Å². The second-order valence-electron chi connectivity index (χ2n) is 9.21. The van der Waals surface area contributed by atoms with Gasteiger partial charge in [0.05, 0.1) is 5.52 Å². The third kappa shape index (κ3) is 6.01. The average molecular weight is 490 g/mol. The van der Waals surface area contributed by atoms with Gasteiger partial charge in [0.2, 0.25) is 17.8 Å². The van der Waals surface area contributed by atoms with Gasteiger partial charge in [-0.25, -0.2) is 0 Å². The predicted molar refractivity (Wildman–Crippen MR) is 152 cm³/mol. The quantitative estimate of drug-likeness (QED) is 0.195. The summed E-state index contributed by atoms with van der Waals surface area (Å²) in [4.78, 5) is 18.4. The molecule has 3 N–H and O–H groups in total. The van der Waals surface area contributed by atoms with Crippen LogP contribution in [0.3, 0.4) is 0 Å². The maximum Gasteiger partial charge on any atom is 0.233 e. The van der Waals surface area contributed by atoms with Crippen LogP contribution < -0.4 is 16.0 Å². The van der Waals surface area contributed by atoms with Crippen molar-refractivity contribution in [1.82, 2.24) is 19.9 Å². The van der Waals surface area contributed by atoms with Crippen molar-refractivity contribution >= 4 is 40.1 Å². The molecule has 37 heavy (non-hydrogen) atoms. The van der Waals surface area contributed by atoms with Crippen LogP contribution in [-0.2, 0) is 6.42 Å². The lowest BCUT2D eigenvalue weighted by Crippen LogP contribution is -2.11. The zero-order valence-corrected chi connectivity index (χ0v) is 21.4. The molecule has 0 amide bonds. The topological polar surface area (TPSA) is 87.7 Å². The Balaban J connectivity index is 1.32. The summed E-state index contributed by atoms with van der Waals surface area (Å²) in [6, 6.07) is 24.7. The summed E-state index contributed by atoms with van der Waals surface area (Å²) in [5, 5.41) is 11.3. The van der Waals surface area contributed by atoms with Crippen molar-refractivity contribution in [2.24, 2.45) is 0 Å². The third-order valence-corrected chi connectivity index (χ3v) is 6.31. The molecule has 0 fully saturated rings. The zero-order valence-electron chi connectivity index (χ0n) is 21.4. The van der Waals surface area contributed by atoms with E-state index in [2.05, 4.69) is 93.1 Å². The molecule has 0 unspecified atom stereocenters. The van der Waals surface area contributed by atoms with E-state index in [1.165, 1.54) is 16.5 Å². The zero-order chi connectivity index (χ0) is 25.6. The van der Waals surface area contributed by atoms with Gasteiger partial charge in [-0.2, -0.15) is 15.0 Å². The van der Waals surface area contributed by atoms with Gasteiger partial charge in [0.15, 0.2) is 0 Å². The normalized spacial score (nSPS) is 10.9. The number of rotatable bonds is 9. The molecule has 0 aliphatic rings. The Morgan fingerprint density at radius 3 is 1.95 bits per heavy atom. The molecule has 0 saturated heterocycles. The van der Waals surface area contributed by atoms with Crippen molar-refractivity contribution < 1.29 is 0 Å². The fourth-order valence-electron chi connectivity index (χ4n) is 4.25. The van der Waals surface area contributed by atoms with Gasteiger partial charge < -0.3 is 16.0 Å². The van der Waals surface area contributed by atoms with Gasteiger partial charge >= 0.3 is 0 Å². The standard InChI is InChI=1S/C30H31N7/c1-20-14-15-24-23(16-18-31-27(24)19-20)11-8-17-32-28-35-29(33-25-12-6-4-9-21(25)2)37-30(36-28)34-26-13-7-5-10-22(26)3/h4-7,9-10,12-16,18-19H,8,11,17H2,1-3H3,(H3,32,33,34,35,36,37). The summed E-state index contributed by atoms with van der Waals surface area (Å²) in [6.07, 6.45) is 3.76. The highest BCUT2D eigenvalue weighted by Gasteiger charge is 2.10. The first-order valence-corrected chi connectivity index (χ1v) is 12.5. The Labute approximate surface area is 217 Å². The number of anilines is 5. The van der Waals surface area contributed by atoms with E-state index in [1.807, 2.05) is 42.6 Å². The number of hydrogen-bond acceptors (Lipinski definition) is 7. The molecule has 2 heterocycles. The molecular formula is C30H31N7. The van der Waals surface area contributed by atoms with Gasteiger partial charge in [-0.1, -0.05) is 48.5 Å². The molecule has 0 bridgehead atoms. The van der Waals surface area contributed by atoms with Crippen LogP contribution in [0.25, 0.3) is 10.9 Å². The summed E-state index contributed by atoms with van der Waals surface area (Å²) in [5.41, 5.74) is 7.71. The smallest absolute Gasteiger partial charge is 0.233 e. The minimum absolute atomic E-state index is 0.485. The van der Waals surface area contributed by atoms with Crippen LogP contribution in [0.2, 0.25) is 0 Å². The minimum atomic E-state index is 0.485. The summed E-state index contributed by atoms with van der Waals surface area (Å²) in [6.45, 7) is 6.93. The van der Waals surface area contributed by atoms with Crippen molar-refractivity contribution in [1.29, 1.82) is 0 Å². The number of nitrogens with zero attached hydrogens (tertiary/aromatic N) is 4. The lowest BCUT2D eigenvalue weighted by atomic mass is 10.0. The second kappa shape index (κ2) is 11.0. The largest absolute Gasteiger partial charge is 0.354 e. The summed E-state index contributed by atoms with van der Waals surface area (Å²) < 4.78 is 0. The van der Waals surface area contributed by atoms with Crippen LogP contribution in [0.4, 0.5) is 29.2 Å². The first kappa shape index (κ1) is 24.2. The maximum absolute atomic E-state index is 4.64. The maximum atomic E-state index is 4.64. The van der Waals surface area contributed by atoms with Crippen molar-refractivity contribution in [3.8, 4) is 0 Å². The van der Waals surface area contributed by atoms with E-state index >= 15 is 0 Å². The number of aromatic nitrogens is 4. The second-order valence-corrected chi connectivity index (χ2v) is 9.21. The summed E-state index contributed by atoms with van der Waals surface area (Å²) >= 11 is 0. The van der Waals surface area contributed by atoms with Crippen LogP contribution in [0.5, 0.6) is 0 Å². The number of nitrogens with one attached hydrogen (secondary N) is 3. The van der Waals surface area contributed by atoms with Gasteiger partial charge in [0.1, 0.15) is 0 Å². The van der Waals surface area contributed by atoms with E-state index < -0.39 is 0 Å². The lowest BCUT2D eigenvalue weighted by Gasteiger charge is -2.13. The van der Waals surface area contributed by atoms with E-state index in [9.17, 15) is 0 Å².